The van der Waals surface area contributed by atoms with Gasteiger partial charge in [-0.3, -0.25) is 4.98 Å². The standard InChI is InChI=1S/C22H13ClN2/c23-16-8-10-18-20(12-16)25-22(15-5-3-11-24-13-15)19-9-7-14-4-1-2-6-17(14)21(18)19/h1-13H. The molecule has 0 aliphatic carbocycles. The van der Waals surface area contributed by atoms with Gasteiger partial charge in [0.1, 0.15) is 0 Å². The Morgan fingerprint density at radius 2 is 1.64 bits per heavy atom. The normalized spacial score (nSPS) is 11.4. The number of halogens is 1. The summed E-state index contributed by atoms with van der Waals surface area (Å²) in [6, 6.07) is 22.7. The smallest absolute Gasteiger partial charge is 0.0803 e. The molecular formula is C22H13ClN2. The molecule has 2 aromatic heterocycles. The van der Waals surface area contributed by atoms with Crippen molar-refractivity contribution in [2.75, 3.05) is 0 Å². The van der Waals surface area contributed by atoms with Crippen LogP contribution >= 0.6 is 11.6 Å². The molecule has 3 heteroatoms. The number of hydrogen-bond acceptors (Lipinski definition) is 2. The number of hydrogen-bond donors (Lipinski definition) is 0. The minimum absolute atomic E-state index is 0.691. The summed E-state index contributed by atoms with van der Waals surface area (Å²) >= 11 is 6.23. The predicted octanol–water partition coefficient (Wildman–Crippen LogP) is 6.26. The molecule has 5 rings (SSSR count). The Kier molecular flexibility index (Phi) is 3.19. The molecule has 0 aliphatic heterocycles. The molecule has 2 nitrogen and oxygen atoms in total. The third kappa shape index (κ3) is 2.26. The van der Waals surface area contributed by atoms with Crippen LogP contribution in [0.4, 0.5) is 0 Å². The largest absolute Gasteiger partial charge is 0.264 e. The zero-order chi connectivity index (χ0) is 16.8. The third-order valence-corrected chi connectivity index (χ3v) is 4.82. The van der Waals surface area contributed by atoms with E-state index >= 15 is 0 Å². The second-order valence-corrected chi connectivity index (χ2v) is 6.51. The van der Waals surface area contributed by atoms with Crippen LogP contribution in [0.5, 0.6) is 0 Å². The van der Waals surface area contributed by atoms with Crippen LogP contribution in [-0.2, 0) is 0 Å². The molecule has 0 atom stereocenters. The number of aromatic nitrogens is 2. The van der Waals surface area contributed by atoms with Gasteiger partial charge >= 0.3 is 0 Å². The van der Waals surface area contributed by atoms with E-state index in [4.69, 9.17) is 16.6 Å². The first kappa shape index (κ1) is 14.4. The van der Waals surface area contributed by atoms with Crippen molar-refractivity contribution in [3.63, 3.8) is 0 Å². The Labute approximate surface area is 149 Å². The van der Waals surface area contributed by atoms with Gasteiger partial charge in [-0.2, -0.15) is 0 Å². The van der Waals surface area contributed by atoms with E-state index in [1.165, 1.54) is 16.2 Å². The molecule has 0 radical (unpaired) electrons. The molecule has 118 valence electrons. The number of fused-ring (bicyclic) bond motifs is 5. The van der Waals surface area contributed by atoms with Crippen LogP contribution in [0.15, 0.2) is 79.1 Å². The summed E-state index contributed by atoms with van der Waals surface area (Å²) in [6.45, 7) is 0. The third-order valence-electron chi connectivity index (χ3n) is 4.58. The van der Waals surface area contributed by atoms with Gasteiger partial charge in [-0.25, -0.2) is 4.98 Å². The van der Waals surface area contributed by atoms with Gasteiger partial charge in [0.05, 0.1) is 11.2 Å². The van der Waals surface area contributed by atoms with E-state index < -0.39 is 0 Å². The Balaban J connectivity index is 2.05. The zero-order valence-electron chi connectivity index (χ0n) is 13.3. The van der Waals surface area contributed by atoms with E-state index in [1.54, 1.807) is 6.20 Å². The maximum absolute atomic E-state index is 6.23. The van der Waals surface area contributed by atoms with Gasteiger partial charge in [0.2, 0.25) is 0 Å². The van der Waals surface area contributed by atoms with E-state index in [1.807, 2.05) is 30.5 Å². The summed E-state index contributed by atoms with van der Waals surface area (Å²) in [4.78, 5) is 9.18. The summed E-state index contributed by atoms with van der Waals surface area (Å²) < 4.78 is 0. The Bertz CT molecular complexity index is 1250. The highest BCUT2D eigenvalue weighted by molar-refractivity contribution is 6.32. The Hall–Kier alpha value is -2.97. The van der Waals surface area contributed by atoms with Crippen LogP contribution < -0.4 is 0 Å². The first-order chi connectivity index (χ1) is 12.3. The van der Waals surface area contributed by atoms with Gasteiger partial charge in [-0.15, -0.1) is 0 Å². The second kappa shape index (κ2) is 5.54. The monoisotopic (exact) mass is 340 g/mol. The van der Waals surface area contributed by atoms with Crippen molar-refractivity contribution in [3.8, 4) is 11.3 Å². The lowest BCUT2D eigenvalue weighted by atomic mass is 9.96. The maximum Gasteiger partial charge on any atom is 0.0803 e. The van der Waals surface area contributed by atoms with Crippen molar-refractivity contribution in [3.05, 3.63) is 84.1 Å². The quantitative estimate of drug-likeness (QED) is 0.337. The Morgan fingerprint density at radius 1 is 0.760 bits per heavy atom. The molecule has 0 bridgehead atoms. The highest BCUT2D eigenvalue weighted by atomic mass is 35.5. The molecule has 25 heavy (non-hydrogen) atoms. The molecule has 0 fully saturated rings. The lowest BCUT2D eigenvalue weighted by Gasteiger charge is -2.12. The highest BCUT2D eigenvalue weighted by Crippen LogP contribution is 2.37. The van der Waals surface area contributed by atoms with Crippen molar-refractivity contribution in [1.29, 1.82) is 0 Å². The second-order valence-electron chi connectivity index (χ2n) is 6.07. The minimum Gasteiger partial charge on any atom is -0.264 e. The number of rotatable bonds is 1. The molecule has 0 N–H and O–H groups in total. The fourth-order valence-corrected chi connectivity index (χ4v) is 3.64. The SMILES string of the molecule is Clc1ccc2c(c1)nc(-c1cccnc1)c1ccc3ccccc3c12. The van der Waals surface area contributed by atoms with E-state index in [0.717, 1.165) is 27.5 Å². The fraction of sp³-hybridized carbons (Fsp3) is 0. The maximum atomic E-state index is 6.23. The van der Waals surface area contributed by atoms with Crippen LogP contribution in [-0.4, -0.2) is 9.97 Å². The molecule has 0 saturated heterocycles. The van der Waals surface area contributed by atoms with Crippen molar-refractivity contribution in [1.82, 2.24) is 9.97 Å². The predicted molar refractivity (Wildman–Crippen MR) is 105 cm³/mol. The van der Waals surface area contributed by atoms with E-state index in [0.29, 0.717) is 5.02 Å². The van der Waals surface area contributed by atoms with E-state index in [2.05, 4.69) is 47.4 Å². The molecule has 0 saturated carbocycles. The number of nitrogens with zero attached hydrogens (tertiary/aromatic N) is 2. The van der Waals surface area contributed by atoms with Crippen molar-refractivity contribution in [2.45, 2.75) is 0 Å². The van der Waals surface area contributed by atoms with Crippen LogP contribution in [0.3, 0.4) is 0 Å². The molecule has 5 aromatic rings. The van der Waals surface area contributed by atoms with Gasteiger partial charge in [0.25, 0.3) is 0 Å². The molecule has 0 spiro atoms. The Morgan fingerprint density at radius 3 is 2.52 bits per heavy atom. The summed E-state index contributed by atoms with van der Waals surface area (Å²) in [6.07, 6.45) is 3.63. The lowest BCUT2D eigenvalue weighted by Crippen LogP contribution is -1.91. The molecule has 0 aliphatic rings. The van der Waals surface area contributed by atoms with Gasteiger partial charge in [0.15, 0.2) is 0 Å². The van der Waals surface area contributed by atoms with Gasteiger partial charge in [-0.1, -0.05) is 54.1 Å². The van der Waals surface area contributed by atoms with Gasteiger partial charge < -0.3 is 0 Å². The average molecular weight is 341 g/mol. The summed E-state index contributed by atoms with van der Waals surface area (Å²) in [5.74, 6) is 0. The average Bonchev–Trinajstić information content (AvgIpc) is 2.67. The first-order valence-corrected chi connectivity index (χ1v) is 8.50. The molecular weight excluding hydrogens is 328 g/mol. The van der Waals surface area contributed by atoms with Crippen LogP contribution in [0.1, 0.15) is 0 Å². The van der Waals surface area contributed by atoms with E-state index in [9.17, 15) is 0 Å². The summed E-state index contributed by atoms with van der Waals surface area (Å²) in [7, 11) is 0. The summed E-state index contributed by atoms with van der Waals surface area (Å²) in [5.41, 5.74) is 2.84. The fourth-order valence-electron chi connectivity index (χ4n) is 3.47. The lowest BCUT2D eigenvalue weighted by molar-refractivity contribution is 1.31. The minimum atomic E-state index is 0.691. The highest BCUT2D eigenvalue weighted by Gasteiger charge is 2.13. The van der Waals surface area contributed by atoms with Crippen LogP contribution in [0.25, 0.3) is 43.7 Å². The number of pyridine rings is 2. The van der Waals surface area contributed by atoms with Gasteiger partial charge in [0, 0.05) is 39.1 Å². The number of benzene rings is 3. The van der Waals surface area contributed by atoms with Crippen molar-refractivity contribution < 1.29 is 0 Å². The molecule has 0 amide bonds. The topological polar surface area (TPSA) is 25.8 Å². The van der Waals surface area contributed by atoms with Gasteiger partial charge in [-0.05, 0) is 35.0 Å². The van der Waals surface area contributed by atoms with Crippen molar-refractivity contribution >= 4 is 44.0 Å². The molecule has 2 heterocycles. The molecule has 3 aromatic carbocycles. The van der Waals surface area contributed by atoms with Crippen LogP contribution in [0, 0.1) is 0 Å². The zero-order valence-corrected chi connectivity index (χ0v) is 14.0. The first-order valence-electron chi connectivity index (χ1n) is 8.12. The molecule has 0 unspecified atom stereocenters. The summed E-state index contributed by atoms with van der Waals surface area (Å²) in [5, 5.41) is 6.58. The van der Waals surface area contributed by atoms with Crippen LogP contribution in [0.2, 0.25) is 5.02 Å². The van der Waals surface area contributed by atoms with Crippen molar-refractivity contribution in [2.24, 2.45) is 0 Å². The van der Waals surface area contributed by atoms with E-state index in [-0.39, 0.29) is 0 Å².